The van der Waals surface area contributed by atoms with Gasteiger partial charge < -0.3 is 18.6 Å². The van der Waals surface area contributed by atoms with E-state index < -0.39 is 16.1 Å². The second kappa shape index (κ2) is 16.7. The first-order valence-electron chi connectivity index (χ1n) is 28.7. The predicted molar refractivity (Wildman–Crippen MR) is 335 cm³/mol. The largest absolute Gasteiger partial charge is 0.454 e. The Morgan fingerprint density at radius 2 is 0.718 bits per heavy atom. The zero-order valence-corrected chi connectivity index (χ0v) is 47.5. The highest BCUT2D eigenvalue weighted by Crippen LogP contribution is 2.72. The third-order valence-corrected chi connectivity index (χ3v) is 23.5. The van der Waals surface area contributed by atoms with Crippen molar-refractivity contribution < 1.29 is 8.83 Å². The Labute approximate surface area is 458 Å². The van der Waals surface area contributed by atoms with E-state index in [0.29, 0.717) is 11.8 Å². The first-order valence-corrected chi connectivity index (χ1v) is 35.7. The summed E-state index contributed by atoms with van der Waals surface area (Å²) >= 11 is 0. The van der Waals surface area contributed by atoms with E-state index in [4.69, 9.17) is 8.83 Å². The molecule has 4 nitrogen and oxygen atoms in total. The van der Waals surface area contributed by atoms with Gasteiger partial charge in [-0.25, -0.2) is 0 Å². The maximum Gasteiger partial charge on any atom is 0.159 e. The quantitative estimate of drug-likeness (QED) is 0.142. The lowest BCUT2D eigenvalue weighted by Gasteiger charge is -2.61. The van der Waals surface area contributed by atoms with Crippen LogP contribution in [-0.2, 0) is 5.41 Å². The third kappa shape index (κ3) is 6.62. The fraction of sp³-hybridized carbons (Fsp3) is 0.222. The van der Waals surface area contributed by atoms with E-state index >= 15 is 0 Å². The fourth-order valence-electron chi connectivity index (χ4n) is 16.1. The highest BCUT2D eigenvalue weighted by Gasteiger charge is 2.62. The first-order chi connectivity index (χ1) is 37.9. The van der Waals surface area contributed by atoms with Crippen LogP contribution in [0.15, 0.2) is 203 Å². The number of fused-ring (bicyclic) bond motifs is 13. The number of hydrogen-bond donors (Lipinski definition) is 0. The Morgan fingerprint density at radius 1 is 0.359 bits per heavy atom. The number of anilines is 6. The standard InChI is InChI=1S/C72H64N2O2Si2/c1-77(2,3)50-33-29-48(30-34-50)73(62-25-15-23-58-54-19-11-13-27-66(54)75-70(58)62)64-42-60-68(56-21-9-7-17-52(56)64)69-57-22-10-8-18-53(57)65(43-61(69)72(60)46-38-44-37-45(40-46)41-47(72)39-44)74(49-31-35-51(36-32-49)78(4,5)6)63-26-16-24-59-55-20-12-14-28-67(55)76-71(59)63/h7-36,42-47H,37-41H2,1-6H3. The average molecular weight is 1050 g/mol. The number of benzene rings is 10. The molecular weight excluding hydrogens is 981 g/mol. The van der Waals surface area contributed by atoms with Gasteiger partial charge in [0.05, 0.1) is 38.9 Å². The highest BCUT2D eigenvalue weighted by atomic mass is 28.3. The molecule has 0 unspecified atom stereocenters. The summed E-state index contributed by atoms with van der Waals surface area (Å²) in [5.41, 5.74) is 16.2. The smallest absolute Gasteiger partial charge is 0.159 e. The molecule has 4 fully saturated rings. The van der Waals surface area contributed by atoms with E-state index in [2.05, 4.69) is 243 Å². The van der Waals surface area contributed by atoms with E-state index in [0.717, 1.165) is 78.5 Å². The van der Waals surface area contributed by atoms with Crippen LogP contribution in [0.2, 0.25) is 39.3 Å². The van der Waals surface area contributed by atoms with Crippen molar-refractivity contribution >= 4 is 126 Å². The lowest BCUT2D eigenvalue weighted by Crippen LogP contribution is -2.55. The molecule has 0 saturated heterocycles. The van der Waals surface area contributed by atoms with Crippen LogP contribution >= 0.6 is 0 Å². The molecule has 0 atom stereocenters. The Balaban J connectivity index is 1.01. The minimum atomic E-state index is -1.61. The van der Waals surface area contributed by atoms with Gasteiger partial charge >= 0.3 is 0 Å². The van der Waals surface area contributed by atoms with Gasteiger partial charge in [0.2, 0.25) is 0 Å². The van der Waals surface area contributed by atoms with Gasteiger partial charge in [-0.3, -0.25) is 0 Å². The second-order valence-corrected chi connectivity index (χ2v) is 35.8. The van der Waals surface area contributed by atoms with Crippen molar-refractivity contribution in [3.8, 4) is 11.1 Å². The van der Waals surface area contributed by atoms with E-state index in [9.17, 15) is 0 Å². The van der Waals surface area contributed by atoms with Crippen LogP contribution in [0.1, 0.15) is 43.2 Å². The summed E-state index contributed by atoms with van der Waals surface area (Å²) in [6.07, 6.45) is 6.49. The summed E-state index contributed by atoms with van der Waals surface area (Å²) in [6, 6.07) is 74.0. The summed E-state index contributed by atoms with van der Waals surface area (Å²) in [5, 5.41) is 12.6. The van der Waals surface area contributed by atoms with Gasteiger partial charge in [-0.15, -0.1) is 0 Å². The Morgan fingerprint density at radius 3 is 1.12 bits per heavy atom. The normalized spacial score (nSPS) is 19.3. The lowest BCUT2D eigenvalue weighted by molar-refractivity contribution is -0.0398. The second-order valence-electron chi connectivity index (χ2n) is 25.7. The minimum absolute atomic E-state index is 0.201. The van der Waals surface area contributed by atoms with Crippen LogP contribution in [0.3, 0.4) is 0 Å². The average Bonchev–Trinajstić information content (AvgIpc) is 2.10. The molecule has 0 radical (unpaired) electrons. The van der Waals surface area contributed by atoms with E-state index in [-0.39, 0.29) is 5.41 Å². The molecule has 5 aliphatic rings. The predicted octanol–water partition coefficient (Wildman–Crippen LogP) is 19.5. The molecule has 10 aromatic carbocycles. The monoisotopic (exact) mass is 1040 g/mol. The molecule has 5 aliphatic carbocycles. The van der Waals surface area contributed by atoms with Crippen LogP contribution < -0.4 is 20.2 Å². The molecular formula is C72H64N2O2Si2. The summed E-state index contributed by atoms with van der Waals surface area (Å²) in [5.74, 6) is 2.60. The van der Waals surface area contributed by atoms with Crippen molar-refractivity contribution in [1.82, 2.24) is 0 Å². The van der Waals surface area contributed by atoms with Gasteiger partial charge in [0.1, 0.15) is 11.2 Å². The molecule has 4 bridgehead atoms. The van der Waals surface area contributed by atoms with Crippen molar-refractivity contribution in [3.05, 3.63) is 205 Å². The molecule has 2 aromatic heterocycles. The fourth-order valence-corrected chi connectivity index (χ4v) is 18.4. The Bertz CT molecular complexity index is 4140. The van der Waals surface area contributed by atoms with Gasteiger partial charge in [-0.05, 0) is 149 Å². The van der Waals surface area contributed by atoms with Gasteiger partial charge in [-0.1, -0.05) is 183 Å². The van der Waals surface area contributed by atoms with E-state index in [1.165, 1.54) is 97.7 Å². The molecule has 17 rings (SSSR count). The van der Waals surface area contributed by atoms with Gasteiger partial charge in [0, 0.05) is 49.1 Å². The van der Waals surface area contributed by atoms with Crippen molar-refractivity contribution in [3.63, 3.8) is 0 Å². The lowest BCUT2D eigenvalue weighted by atomic mass is 9.43. The van der Waals surface area contributed by atoms with Gasteiger partial charge in [0.15, 0.2) is 11.2 Å². The Kier molecular flexibility index (Phi) is 9.94. The molecule has 0 aliphatic heterocycles. The summed E-state index contributed by atoms with van der Waals surface area (Å²) in [6.45, 7) is 14.7. The number of furan rings is 2. The molecule has 12 aromatic rings. The molecule has 78 heavy (non-hydrogen) atoms. The van der Waals surface area contributed by atoms with Crippen LogP contribution in [0.5, 0.6) is 0 Å². The first kappa shape index (κ1) is 46.4. The van der Waals surface area contributed by atoms with Gasteiger partial charge in [0.25, 0.3) is 0 Å². The van der Waals surface area contributed by atoms with Crippen LogP contribution in [0.25, 0.3) is 76.5 Å². The van der Waals surface area contributed by atoms with E-state index in [1.807, 2.05) is 0 Å². The van der Waals surface area contributed by atoms with Crippen molar-refractivity contribution in [2.75, 3.05) is 9.80 Å². The van der Waals surface area contributed by atoms with E-state index in [1.54, 1.807) is 0 Å². The van der Waals surface area contributed by atoms with Crippen molar-refractivity contribution in [2.24, 2.45) is 23.7 Å². The minimum Gasteiger partial charge on any atom is -0.454 e. The summed E-state index contributed by atoms with van der Waals surface area (Å²) in [4.78, 5) is 5.13. The third-order valence-electron chi connectivity index (χ3n) is 19.3. The Hall–Kier alpha value is -7.65. The van der Waals surface area contributed by atoms with Crippen LogP contribution in [0.4, 0.5) is 34.1 Å². The maximum absolute atomic E-state index is 7.01. The molecule has 2 heterocycles. The van der Waals surface area contributed by atoms with Crippen molar-refractivity contribution in [2.45, 2.75) is 76.8 Å². The number of para-hydroxylation sites is 4. The summed E-state index contributed by atoms with van der Waals surface area (Å²) < 4.78 is 14.0. The molecule has 1 spiro atoms. The SMILES string of the molecule is C[Si](C)(C)c1ccc(N(c2cc3c(c4ccccc24)-c2c(cc(N(c4ccc([Si](C)(C)C)cc4)c4cccc5c4oc4ccccc45)c4ccccc24)C32C3CC4CC(C3)CC2C4)c2cccc3c2oc2ccccc23)cc1. The molecule has 0 N–H and O–H groups in total. The molecule has 6 heteroatoms. The van der Waals surface area contributed by atoms with Crippen LogP contribution in [-0.4, -0.2) is 16.1 Å². The topological polar surface area (TPSA) is 32.8 Å². The zero-order chi connectivity index (χ0) is 52.4. The van der Waals surface area contributed by atoms with Gasteiger partial charge in [-0.2, -0.15) is 0 Å². The molecule has 0 amide bonds. The molecule has 382 valence electrons. The molecule has 4 saturated carbocycles. The number of nitrogens with zero attached hydrogens (tertiary/aromatic N) is 2. The highest BCUT2D eigenvalue weighted by molar-refractivity contribution is 6.89. The van der Waals surface area contributed by atoms with Crippen molar-refractivity contribution in [1.29, 1.82) is 0 Å². The number of rotatable bonds is 8. The number of hydrogen-bond acceptors (Lipinski definition) is 4. The maximum atomic E-state index is 7.01. The summed E-state index contributed by atoms with van der Waals surface area (Å²) in [7, 11) is -3.21. The van der Waals surface area contributed by atoms with Crippen LogP contribution in [0, 0.1) is 23.7 Å². The zero-order valence-electron chi connectivity index (χ0n) is 45.5.